The number of nitrogens with zero attached hydrogens (tertiary/aromatic N) is 3. The lowest BCUT2D eigenvalue weighted by Crippen LogP contribution is -2.46. The molecule has 0 radical (unpaired) electrons. The minimum atomic E-state index is -0.242. The van der Waals surface area contributed by atoms with Crippen molar-refractivity contribution in [2.45, 2.75) is 45.6 Å². The zero-order chi connectivity index (χ0) is 16.8. The average molecular weight is 339 g/mol. The Morgan fingerprint density at radius 2 is 2.22 bits per heavy atom. The lowest BCUT2D eigenvalue weighted by molar-refractivity contribution is -0.126. The third kappa shape index (κ3) is 5.54. The van der Waals surface area contributed by atoms with Gasteiger partial charge in [0, 0.05) is 13.0 Å². The van der Waals surface area contributed by atoms with E-state index in [1.165, 1.54) is 11.3 Å². The third-order valence-corrected chi connectivity index (χ3v) is 4.59. The maximum absolute atomic E-state index is 12.1. The highest BCUT2D eigenvalue weighted by Crippen LogP contribution is 2.18. The van der Waals surface area contributed by atoms with Crippen molar-refractivity contribution in [1.29, 1.82) is 0 Å². The van der Waals surface area contributed by atoms with Crippen LogP contribution in [0.25, 0.3) is 0 Å². The summed E-state index contributed by atoms with van der Waals surface area (Å²) >= 11 is 1.40. The van der Waals surface area contributed by atoms with Gasteiger partial charge in [0.15, 0.2) is 0 Å². The van der Waals surface area contributed by atoms with Crippen molar-refractivity contribution in [1.82, 2.24) is 20.4 Å². The Labute approximate surface area is 140 Å². The number of aromatic nitrogens is 2. The summed E-state index contributed by atoms with van der Waals surface area (Å²) in [5.41, 5.74) is 0. The average Bonchev–Trinajstić information content (AvgIpc) is 2.76. The maximum atomic E-state index is 12.1. The SMILES string of the molecule is CC(C)Cc1nnc(NC(=O)CN(C)[C@@H]2CCCCNC2=O)s1. The standard InChI is InChI=1S/C15H25N5O2S/c1-10(2)8-13-18-19-15(23-13)17-12(21)9-20(3)11-6-4-5-7-16-14(11)22/h10-11H,4-9H2,1-3H3,(H,16,22)(H,17,19,21)/t11-/m1/s1. The molecule has 128 valence electrons. The molecule has 1 atom stereocenters. The first-order valence-electron chi connectivity index (χ1n) is 8.06. The number of carbonyl (C=O) groups excluding carboxylic acids is 2. The molecule has 0 bridgehead atoms. The van der Waals surface area contributed by atoms with Crippen LogP contribution >= 0.6 is 11.3 Å². The van der Waals surface area contributed by atoms with Gasteiger partial charge in [-0.3, -0.25) is 19.8 Å². The summed E-state index contributed by atoms with van der Waals surface area (Å²) in [7, 11) is 1.80. The van der Waals surface area contributed by atoms with Crippen LogP contribution in [0.4, 0.5) is 5.13 Å². The van der Waals surface area contributed by atoms with E-state index in [0.29, 0.717) is 11.0 Å². The summed E-state index contributed by atoms with van der Waals surface area (Å²) in [6.45, 7) is 5.12. The highest BCUT2D eigenvalue weighted by Gasteiger charge is 2.26. The molecule has 2 rings (SSSR count). The molecule has 1 aliphatic heterocycles. The van der Waals surface area contributed by atoms with E-state index in [0.717, 1.165) is 37.2 Å². The largest absolute Gasteiger partial charge is 0.355 e. The molecular weight excluding hydrogens is 314 g/mol. The maximum Gasteiger partial charge on any atom is 0.240 e. The molecule has 0 spiro atoms. The van der Waals surface area contributed by atoms with Crippen LogP contribution < -0.4 is 10.6 Å². The molecule has 1 saturated heterocycles. The molecule has 1 aromatic heterocycles. The number of hydrogen-bond donors (Lipinski definition) is 2. The van der Waals surface area contributed by atoms with Gasteiger partial charge in [-0.2, -0.15) is 0 Å². The number of nitrogens with one attached hydrogen (secondary N) is 2. The van der Waals surface area contributed by atoms with Gasteiger partial charge in [0.05, 0.1) is 12.6 Å². The number of rotatable bonds is 6. The van der Waals surface area contributed by atoms with Crippen molar-refractivity contribution in [3.63, 3.8) is 0 Å². The Morgan fingerprint density at radius 1 is 1.43 bits per heavy atom. The molecule has 7 nitrogen and oxygen atoms in total. The molecule has 1 aliphatic rings. The molecule has 0 saturated carbocycles. The summed E-state index contributed by atoms with van der Waals surface area (Å²) in [4.78, 5) is 25.9. The predicted octanol–water partition coefficient (Wildman–Crippen LogP) is 1.28. The molecule has 1 aromatic rings. The van der Waals surface area contributed by atoms with E-state index >= 15 is 0 Å². The van der Waals surface area contributed by atoms with Gasteiger partial charge in [0.25, 0.3) is 0 Å². The summed E-state index contributed by atoms with van der Waals surface area (Å²) < 4.78 is 0. The van der Waals surface area contributed by atoms with Gasteiger partial charge in [-0.05, 0) is 32.2 Å². The highest BCUT2D eigenvalue weighted by molar-refractivity contribution is 7.15. The number of carbonyl (C=O) groups is 2. The van der Waals surface area contributed by atoms with Crippen molar-refractivity contribution >= 4 is 28.3 Å². The lowest BCUT2D eigenvalue weighted by atomic mass is 10.1. The lowest BCUT2D eigenvalue weighted by Gasteiger charge is -2.24. The smallest absolute Gasteiger partial charge is 0.240 e. The van der Waals surface area contributed by atoms with E-state index in [2.05, 4.69) is 34.7 Å². The van der Waals surface area contributed by atoms with Crippen LogP contribution in [0, 0.1) is 5.92 Å². The molecule has 0 aliphatic carbocycles. The first-order valence-corrected chi connectivity index (χ1v) is 8.87. The van der Waals surface area contributed by atoms with Crippen LogP contribution in [0.5, 0.6) is 0 Å². The van der Waals surface area contributed by atoms with Crippen LogP contribution in [-0.4, -0.2) is 53.1 Å². The van der Waals surface area contributed by atoms with Crippen molar-refractivity contribution in [2.75, 3.05) is 25.5 Å². The molecular formula is C15H25N5O2S. The van der Waals surface area contributed by atoms with E-state index < -0.39 is 0 Å². The van der Waals surface area contributed by atoms with Gasteiger partial charge in [0.1, 0.15) is 5.01 Å². The molecule has 2 N–H and O–H groups in total. The van der Waals surface area contributed by atoms with Gasteiger partial charge < -0.3 is 5.32 Å². The van der Waals surface area contributed by atoms with Crippen molar-refractivity contribution in [3.05, 3.63) is 5.01 Å². The minimum absolute atomic E-state index is 0.00735. The van der Waals surface area contributed by atoms with Gasteiger partial charge in [-0.1, -0.05) is 25.2 Å². The third-order valence-electron chi connectivity index (χ3n) is 3.73. The van der Waals surface area contributed by atoms with Crippen LogP contribution in [0.2, 0.25) is 0 Å². The van der Waals surface area contributed by atoms with Crippen LogP contribution in [0.1, 0.15) is 38.1 Å². The van der Waals surface area contributed by atoms with Crippen LogP contribution in [-0.2, 0) is 16.0 Å². The Bertz CT molecular complexity index is 546. The Morgan fingerprint density at radius 3 is 2.96 bits per heavy atom. The second-order valence-electron chi connectivity index (χ2n) is 6.36. The zero-order valence-corrected chi connectivity index (χ0v) is 14.8. The summed E-state index contributed by atoms with van der Waals surface area (Å²) in [5.74, 6) is 0.344. The molecule has 0 aromatic carbocycles. The van der Waals surface area contributed by atoms with Crippen molar-refractivity contribution < 1.29 is 9.59 Å². The number of amides is 2. The van der Waals surface area contributed by atoms with E-state index in [1.54, 1.807) is 11.9 Å². The second kappa shape index (κ2) is 8.35. The fraction of sp³-hybridized carbons (Fsp3) is 0.733. The molecule has 1 fully saturated rings. The van der Waals surface area contributed by atoms with Crippen LogP contribution in [0.3, 0.4) is 0 Å². The topological polar surface area (TPSA) is 87.2 Å². The number of hydrogen-bond acceptors (Lipinski definition) is 6. The summed E-state index contributed by atoms with van der Waals surface area (Å²) in [6.07, 6.45) is 3.62. The number of anilines is 1. The first-order chi connectivity index (χ1) is 11.0. The van der Waals surface area contributed by atoms with Gasteiger partial charge >= 0.3 is 0 Å². The number of likely N-dealkylation sites (N-methyl/N-ethyl adjacent to an activating group) is 1. The van der Waals surface area contributed by atoms with E-state index in [-0.39, 0.29) is 24.4 Å². The fourth-order valence-corrected chi connectivity index (χ4v) is 3.54. The zero-order valence-electron chi connectivity index (χ0n) is 14.0. The van der Waals surface area contributed by atoms with Crippen LogP contribution in [0.15, 0.2) is 0 Å². The Hall–Kier alpha value is -1.54. The summed E-state index contributed by atoms with van der Waals surface area (Å²) in [5, 5.41) is 15.2. The molecule has 23 heavy (non-hydrogen) atoms. The van der Waals surface area contributed by atoms with Gasteiger partial charge in [0.2, 0.25) is 16.9 Å². The normalized spacial score (nSPS) is 18.8. The minimum Gasteiger partial charge on any atom is -0.355 e. The summed E-state index contributed by atoms with van der Waals surface area (Å²) in [6, 6.07) is -0.242. The Balaban J connectivity index is 1.85. The molecule has 0 unspecified atom stereocenters. The second-order valence-corrected chi connectivity index (χ2v) is 7.43. The predicted molar refractivity (Wildman–Crippen MR) is 90.4 cm³/mol. The molecule has 2 heterocycles. The quantitative estimate of drug-likeness (QED) is 0.815. The van der Waals surface area contributed by atoms with E-state index in [9.17, 15) is 9.59 Å². The van der Waals surface area contributed by atoms with Gasteiger partial charge in [-0.25, -0.2) is 0 Å². The van der Waals surface area contributed by atoms with E-state index in [4.69, 9.17) is 0 Å². The highest BCUT2D eigenvalue weighted by atomic mass is 32.1. The Kier molecular flexibility index (Phi) is 6.47. The first kappa shape index (κ1) is 17.8. The van der Waals surface area contributed by atoms with E-state index in [1.807, 2.05) is 0 Å². The molecule has 2 amide bonds. The molecule has 8 heteroatoms. The van der Waals surface area contributed by atoms with Gasteiger partial charge in [-0.15, -0.1) is 10.2 Å². The van der Waals surface area contributed by atoms with Crippen molar-refractivity contribution in [3.8, 4) is 0 Å². The fourth-order valence-electron chi connectivity index (χ4n) is 2.58. The van der Waals surface area contributed by atoms with Crippen molar-refractivity contribution in [2.24, 2.45) is 5.92 Å². The monoisotopic (exact) mass is 339 g/mol.